The van der Waals surface area contributed by atoms with Gasteiger partial charge in [0, 0.05) is 17.0 Å². The first-order valence-corrected chi connectivity index (χ1v) is 9.27. The van der Waals surface area contributed by atoms with Gasteiger partial charge < -0.3 is 25.0 Å². The van der Waals surface area contributed by atoms with E-state index in [1.54, 1.807) is 23.9 Å². The van der Waals surface area contributed by atoms with E-state index < -0.39 is 12.4 Å². The quantitative estimate of drug-likeness (QED) is 0.760. The van der Waals surface area contributed by atoms with Gasteiger partial charge in [-0.25, -0.2) is 0 Å². The van der Waals surface area contributed by atoms with E-state index in [0.717, 1.165) is 10.5 Å². The number of benzene rings is 2. The standard InChI is InChI=1S/C19H21NO4S/c21-14-9-5-4-6-12(14)10-20-16-15-11-23-19(24-15)18(17(16)22)25-13-7-2-1-3-8-13/h1-9,15-22H,10-11H2. The van der Waals surface area contributed by atoms with Crippen LogP contribution in [-0.4, -0.2) is 46.6 Å². The molecule has 0 saturated carbocycles. The van der Waals surface area contributed by atoms with Gasteiger partial charge in [0.15, 0.2) is 6.29 Å². The van der Waals surface area contributed by atoms with Gasteiger partial charge in [0.05, 0.1) is 24.0 Å². The van der Waals surface area contributed by atoms with Crippen LogP contribution in [0.3, 0.4) is 0 Å². The first kappa shape index (κ1) is 16.9. The zero-order chi connectivity index (χ0) is 17.2. The number of para-hydroxylation sites is 1. The van der Waals surface area contributed by atoms with Gasteiger partial charge in [-0.05, 0) is 18.2 Å². The van der Waals surface area contributed by atoms with Gasteiger partial charge in [0.1, 0.15) is 11.9 Å². The second-order valence-corrected chi connectivity index (χ2v) is 7.55. The van der Waals surface area contributed by atoms with Crippen LogP contribution in [0.4, 0.5) is 0 Å². The van der Waals surface area contributed by atoms with Gasteiger partial charge in [0.2, 0.25) is 0 Å². The molecule has 2 heterocycles. The molecule has 2 aliphatic rings. The molecule has 2 aliphatic heterocycles. The van der Waals surface area contributed by atoms with Crippen molar-refractivity contribution in [3.05, 3.63) is 60.2 Å². The number of aromatic hydroxyl groups is 1. The largest absolute Gasteiger partial charge is 0.508 e. The average molecular weight is 359 g/mol. The molecule has 2 saturated heterocycles. The minimum absolute atomic E-state index is 0.182. The minimum atomic E-state index is -0.609. The third-order valence-corrected chi connectivity index (χ3v) is 5.96. The predicted octanol–water partition coefficient (Wildman–Crippen LogP) is 2.13. The lowest BCUT2D eigenvalue weighted by molar-refractivity contribution is -0.123. The van der Waals surface area contributed by atoms with Crippen LogP contribution in [0.5, 0.6) is 5.75 Å². The first-order chi connectivity index (χ1) is 12.2. The number of rotatable bonds is 5. The number of nitrogens with one attached hydrogen (secondary N) is 1. The SMILES string of the molecule is Oc1ccccc1CNC1C2COC(O2)C(Sc2ccccc2)C1O. The summed E-state index contributed by atoms with van der Waals surface area (Å²) in [7, 11) is 0. The summed E-state index contributed by atoms with van der Waals surface area (Å²) >= 11 is 1.57. The van der Waals surface area contributed by atoms with Gasteiger partial charge in [-0.1, -0.05) is 36.4 Å². The Kier molecular flexibility index (Phi) is 4.96. The van der Waals surface area contributed by atoms with E-state index in [1.165, 1.54) is 0 Å². The predicted molar refractivity (Wildman–Crippen MR) is 95.4 cm³/mol. The van der Waals surface area contributed by atoms with Crippen molar-refractivity contribution in [1.82, 2.24) is 5.32 Å². The van der Waals surface area contributed by atoms with Gasteiger partial charge in [0.25, 0.3) is 0 Å². The smallest absolute Gasteiger partial charge is 0.172 e. The molecule has 0 spiro atoms. The van der Waals surface area contributed by atoms with Crippen molar-refractivity contribution in [3.8, 4) is 5.75 Å². The Bertz CT molecular complexity index is 714. The maximum absolute atomic E-state index is 10.9. The Morgan fingerprint density at radius 3 is 2.64 bits per heavy atom. The molecule has 132 valence electrons. The van der Waals surface area contributed by atoms with E-state index in [1.807, 2.05) is 42.5 Å². The Hall–Kier alpha value is -1.57. The summed E-state index contributed by atoms with van der Waals surface area (Å²) < 4.78 is 11.7. The number of phenols is 1. The molecule has 3 N–H and O–H groups in total. The van der Waals surface area contributed by atoms with Crippen LogP contribution in [0.1, 0.15) is 5.56 Å². The fraction of sp³-hybridized carbons (Fsp3) is 0.368. The second-order valence-electron chi connectivity index (χ2n) is 6.30. The third kappa shape index (κ3) is 3.54. The van der Waals surface area contributed by atoms with Crippen LogP contribution < -0.4 is 5.32 Å². The summed E-state index contributed by atoms with van der Waals surface area (Å²) in [5, 5.41) is 24.0. The molecule has 6 heteroatoms. The number of aliphatic hydroxyl groups excluding tert-OH is 1. The topological polar surface area (TPSA) is 71.0 Å². The normalized spacial score (nSPS) is 31.2. The molecule has 5 nitrogen and oxygen atoms in total. The number of fused-ring (bicyclic) bond motifs is 2. The number of thioether (sulfide) groups is 1. The Morgan fingerprint density at radius 2 is 1.84 bits per heavy atom. The maximum atomic E-state index is 10.9. The number of aliphatic hydroxyl groups is 1. The van der Waals surface area contributed by atoms with Crippen LogP contribution in [0.2, 0.25) is 0 Å². The Labute approximate surface area is 151 Å². The summed E-state index contributed by atoms with van der Waals surface area (Å²) in [5.74, 6) is 0.247. The molecule has 0 amide bonds. The molecule has 0 radical (unpaired) electrons. The highest BCUT2D eigenvalue weighted by Gasteiger charge is 2.50. The molecule has 5 unspecified atom stereocenters. The fourth-order valence-corrected chi connectivity index (χ4v) is 4.50. The molecule has 0 aliphatic carbocycles. The van der Waals surface area contributed by atoms with Crippen molar-refractivity contribution in [2.24, 2.45) is 0 Å². The van der Waals surface area contributed by atoms with Crippen molar-refractivity contribution in [2.45, 2.75) is 41.2 Å². The summed E-state index contributed by atoms with van der Waals surface area (Å²) in [6, 6.07) is 16.9. The van der Waals surface area contributed by atoms with Crippen molar-refractivity contribution in [2.75, 3.05) is 6.61 Å². The highest BCUT2D eigenvalue weighted by Crippen LogP contribution is 2.38. The lowest BCUT2D eigenvalue weighted by Crippen LogP contribution is -2.58. The minimum Gasteiger partial charge on any atom is -0.508 e. The fourth-order valence-electron chi connectivity index (χ4n) is 3.31. The van der Waals surface area contributed by atoms with Gasteiger partial charge in [-0.3, -0.25) is 0 Å². The molecular formula is C19H21NO4S. The summed E-state index contributed by atoms with van der Waals surface area (Å²) in [4.78, 5) is 1.07. The molecule has 2 aromatic carbocycles. The number of hydrogen-bond acceptors (Lipinski definition) is 6. The van der Waals surface area contributed by atoms with Crippen molar-refractivity contribution < 1.29 is 19.7 Å². The van der Waals surface area contributed by atoms with E-state index in [-0.39, 0.29) is 23.1 Å². The van der Waals surface area contributed by atoms with E-state index in [0.29, 0.717) is 13.2 Å². The molecular weight excluding hydrogens is 338 g/mol. The van der Waals surface area contributed by atoms with Crippen LogP contribution >= 0.6 is 11.8 Å². The zero-order valence-corrected chi connectivity index (χ0v) is 14.4. The van der Waals surface area contributed by atoms with Crippen LogP contribution in [0, 0.1) is 0 Å². The van der Waals surface area contributed by atoms with E-state index in [9.17, 15) is 10.2 Å². The number of phenolic OH excluding ortho intramolecular Hbond substituents is 1. The summed E-state index contributed by atoms with van der Waals surface area (Å²) in [6.07, 6.45) is -1.19. The zero-order valence-electron chi connectivity index (χ0n) is 13.6. The molecule has 5 atom stereocenters. The molecule has 2 bridgehead atoms. The van der Waals surface area contributed by atoms with Crippen molar-refractivity contribution in [3.63, 3.8) is 0 Å². The van der Waals surface area contributed by atoms with E-state index >= 15 is 0 Å². The molecule has 2 fully saturated rings. The molecule has 2 aromatic rings. The Balaban J connectivity index is 1.47. The van der Waals surface area contributed by atoms with Gasteiger partial charge in [-0.15, -0.1) is 11.8 Å². The van der Waals surface area contributed by atoms with Gasteiger partial charge in [-0.2, -0.15) is 0 Å². The van der Waals surface area contributed by atoms with Crippen LogP contribution in [-0.2, 0) is 16.0 Å². The third-order valence-electron chi connectivity index (χ3n) is 4.64. The molecule has 0 aromatic heterocycles. The monoisotopic (exact) mass is 359 g/mol. The summed E-state index contributed by atoms with van der Waals surface area (Å²) in [6.45, 7) is 0.924. The average Bonchev–Trinajstić information content (AvgIpc) is 3.07. The highest BCUT2D eigenvalue weighted by atomic mass is 32.2. The number of hydrogen-bond donors (Lipinski definition) is 3. The van der Waals surface area contributed by atoms with Crippen LogP contribution in [0.25, 0.3) is 0 Å². The second kappa shape index (κ2) is 7.35. The van der Waals surface area contributed by atoms with Gasteiger partial charge >= 0.3 is 0 Å². The van der Waals surface area contributed by atoms with E-state index in [4.69, 9.17) is 9.47 Å². The Morgan fingerprint density at radius 1 is 1.08 bits per heavy atom. The van der Waals surface area contributed by atoms with Crippen molar-refractivity contribution >= 4 is 11.8 Å². The van der Waals surface area contributed by atoms with E-state index in [2.05, 4.69) is 5.32 Å². The summed E-state index contributed by atoms with van der Waals surface area (Å²) in [5.41, 5.74) is 0.794. The van der Waals surface area contributed by atoms with Crippen molar-refractivity contribution in [1.29, 1.82) is 0 Å². The first-order valence-electron chi connectivity index (χ1n) is 8.39. The molecule has 4 rings (SSSR count). The lowest BCUT2D eigenvalue weighted by atomic mass is 9.99. The maximum Gasteiger partial charge on any atom is 0.172 e. The lowest BCUT2D eigenvalue weighted by Gasteiger charge is -2.38. The van der Waals surface area contributed by atoms with Crippen LogP contribution in [0.15, 0.2) is 59.5 Å². The highest BCUT2D eigenvalue weighted by molar-refractivity contribution is 8.00. The molecule has 25 heavy (non-hydrogen) atoms. The number of ether oxygens (including phenoxy) is 2.